The zero-order chi connectivity index (χ0) is 26.6. The van der Waals surface area contributed by atoms with E-state index in [1.54, 1.807) is 18.5 Å². The van der Waals surface area contributed by atoms with Crippen molar-refractivity contribution in [3.05, 3.63) is 81.6 Å². The molecule has 3 aromatic rings. The molecule has 2 aromatic carbocycles. The summed E-state index contributed by atoms with van der Waals surface area (Å²) >= 11 is 18.5. The molecule has 196 valence electrons. The van der Waals surface area contributed by atoms with Crippen molar-refractivity contribution in [1.82, 2.24) is 10.3 Å². The summed E-state index contributed by atoms with van der Waals surface area (Å²) in [5.74, 6) is 0.233. The van der Waals surface area contributed by atoms with Gasteiger partial charge < -0.3 is 10.2 Å². The molecule has 0 saturated carbocycles. The molecule has 1 fully saturated rings. The molecule has 1 aliphatic rings. The van der Waals surface area contributed by atoms with E-state index in [1.807, 2.05) is 12.1 Å². The SMILES string of the molecule is CN(c1cc(C(=O)NCCC2CCN(c3ccncc3)CC2)ccc1Cl)S(=O)(=O)c1cccc(Cl)c1Cl. The maximum absolute atomic E-state index is 13.2. The minimum absolute atomic E-state index is 0.0763. The Morgan fingerprint density at radius 2 is 1.76 bits per heavy atom. The first-order valence-corrected chi connectivity index (χ1v) is 14.4. The quantitative estimate of drug-likeness (QED) is 0.358. The smallest absolute Gasteiger partial charge is 0.265 e. The van der Waals surface area contributed by atoms with E-state index in [2.05, 4.69) is 15.2 Å². The van der Waals surface area contributed by atoms with E-state index in [0.29, 0.717) is 18.0 Å². The molecule has 0 spiro atoms. The van der Waals surface area contributed by atoms with Crippen molar-refractivity contribution in [3.63, 3.8) is 0 Å². The van der Waals surface area contributed by atoms with Crippen LogP contribution in [0.25, 0.3) is 0 Å². The fraction of sp³-hybridized carbons (Fsp3) is 0.308. The molecule has 0 unspecified atom stereocenters. The van der Waals surface area contributed by atoms with E-state index in [0.717, 1.165) is 36.7 Å². The van der Waals surface area contributed by atoms with Crippen LogP contribution in [0.3, 0.4) is 0 Å². The third-order valence-electron chi connectivity index (χ3n) is 6.58. The van der Waals surface area contributed by atoms with Crippen molar-refractivity contribution in [2.75, 3.05) is 35.9 Å². The summed E-state index contributed by atoms with van der Waals surface area (Å²) in [5.41, 5.74) is 1.66. The Morgan fingerprint density at radius 3 is 2.46 bits per heavy atom. The monoisotopic (exact) mass is 580 g/mol. The van der Waals surface area contributed by atoms with Crippen LogP contribution >= 0.6 is 34.8 Å². The Kier molecular flexibility index (Phi) is 8.85. The van der Waals surface area contributed by atoms with E-state index >= 15 is 0 Å². The molecule has 1 amide bonds. The van der Waals surface area contributed by atoms with Crippen molar-refractivity contribution >= 4 is 62.1 Å². The van der Waals surface area contributed by atoms with E-state index in [1.165, 1.54) is 43.1 Å². The van der Waals surface area contributed by atoms with Crippen LogP contribution in [-0.2, 0) is 10.0 Å². The second kappa shape index (κ2) is 11.9. The van der Waals surface area contributed by atoms with Gasteiger partial charge in [-0.15, -0.1) is 0 Å². The average molecular weight is 582 g/mol. The molecule has 11 heteroatoms. The number of benzene rings is 2. The second-order valence-corrected chi connectivity index (χ2v) is 12.0. The lowest BCUT2D eigenvalue weighted by atomic mass is 9.93. The van der Waals surface area contributed by atoms with Gasteiger partial charge in [0.25, 0.3) is 15.9 Å². The topological polar surface area (TPSA) is 82.6 Å². The predicted octanol–water partition coefficient (Wildman–Crippen LogP) is 5.90. The van der Waals surface area contributed by atoms with Gasteiger partial charge in [0.1, 0.15) is 4.90 Å². The maximum atomic E-state index is 13.2. The largest absolute Gasteiger partial charge is 0.371 e. The number of nitrogens with one attached hydrogen (secondary N) is 1. The van der Waals surface area contributed by atoms with E-state index in [4.69, 9.17) is 34.8 Å². The molecular formula is C26H27Cl3N4O3S. The normalized spacial score (nSPS) is 14.4. The highest BCUT2D eigenvalue weighted by molar-refractivity contribution is 7.93. The number of sulfonamides is 1. The Balaban J connectivity index is 1.36. The van der Waals surface area contributed by atoms with Gasteiger partial charge in [-0.2, -0.15) is 0 Å². The molecule has 0 atom stereocenters. The lowest BCUT2D eigenvalue weighted by Crippen LogP contribution is -2.35. The first-order valence-electron chi connectivity index (χ1n) is 11.8. The number of nitrogens with zero attached hydrogens (tertiary/aromatic N) is 3. The Bertz CT molecular complexity index is 1360. The zero-order valence-electron chi connectivity index (χ0n) is 20.2. The first kappa shape index (κ1) is 27.5. The van der Waals surface area contributed by atoms with Gasteiger partial charge in [0.05, 0.1) is 20.8 Å². The first-order chi connectivity index (χ1) is 17.7. The van der Waals surface area contributed by atoms with E-state index < -0.39 is 10.0 Å². The van der Waals surface area contributed by atoms with Gasteiger partial charge in [-0.25, -0.2) is 8.42 Å². The molecule has 0 bridgehead atoms. The molecule has 7 nitrogen and oxygen atoms in total. The van der Waals surface area contributed by atoms with Crippen LogP contribution < -0.4 is 14.5 Å². The van der Waals surface area contributed by atoms with Gasteiger partial charge in [0, 0.05) is 50.3 Å². The molecule has 37 heavy (non-hydrogen) atoms. The summed E-state index contributed by atoms with van der Waals surface area (Å²) in [6.07, 6.45) is 6.59. The summed E-state index contributed by atoms with van der Waals surface area (Å²) in [6, 6.07) is 13.0. The number of piperidine rings is 1. The van der Waals surface area contributed by atoms with Crippen LogP contribution in [0, 0.1) is 5.92 Å². The number of carbonyl (C=O) groups is 1. The molecule has 1 aliphatic heterocycles. The number of carbonyl (C=O) groups excluding carboxylic acids is 1. The lowest BCUT2D eigenvalue weighted by Gasteiger charge is -2.33. The predicted molar refractivity (Wildman–Crippen MR) is 150 cm³/mol. The highest BCUT2D eigenvalue weighted by Crippen LogP contribution is 2.35. The zero-order valence-corrected chi connectivity index (χ0v) is 23.3. The van der Waals surface area contributed by atoms with Gasteiger partial charge in [-0.3, -0.25) is 14.1 Å². The van der Waals surface area contributed by atoms with Crippen LogP contribution in [0.4, 0.5) is 11.4 Å². The molecule has 0 aliphatic carbocycles. The van der Waals surface area contributed by atoms with Gasteiger partial charge in [-0.05, 0) is 67.6 Å². The maximum Gasteiger partial charge on any atom is 0.265 e. The Hall–Kier alpha value is -2.52. The molecule has 1 N–H and O–H groups in total. The van der Waals surface area contributed by atoms with Crippen molar-refractivity contribution in [1.29, 1.82) is 0 Å². The number of hydrogen-bond donors (Lipinski definition) is 1. The lowest BCUT2D eigenvalue weighted by molar-refractivity contribution is 0.0950. The van der Waals surface area contributed by atoms with Crippen LogP contribution in [0.5, 0.6) is 0 Å². The number of halogens is 3. The average Bonchev–Trinajstić information content (AvgIpc) is 2.91. The second-order valence-electron chi connectivity index (χ2n) is 8.87. The minimum Gasteiger partial charge on any atom is -0.371 e. The van der Waals surface area contributed by atoms with Crippen LogP contribution in [0.1, 0.15) is 29.6 Å². The Labute approximate surface area is 232 Å². The summed E-state index contributed by atoms with van der Waals surface area (Å²) in [7, 11) is -2.72. The number of aromatic nitrogens is 1. The van der Waals surface area contributed by atoms with E-state index in [9.17, 15) is 13.2 Å². The van der Waals surface area contributed by atoms with Crippen LogP contribution in [0.15, 0.2) is 65.8 Å². The molecule has 4 rings (SSSR count). The molecule has 1 aromatic heterocycles. The van der Waals surface area contributed by atoms with Gasteiger partial charge in [0.2, 0.25) is 0 Å². The van der Waals surface area contributed by atoms with Crippen LogP contribution in [0.2, 0.25) is 15.1 Å². The summed E-state index contributed by atoms with van der Waals surface area (Å²) in [5, 5.41) is 3.18. The minimum atomic E-state index is -4.07. The van der Waals surface area contributed by atoms with E-state index in [-0.39, 0.29) is 31.6 Å². The fourth-order valence-corrected chi connectivity index (χ4v) is 6.62. The molecule has 0 radical (unpaired) electrons. The summed E-state index contributed by atoms with van der Waals surface area (Å²) in [4.78, 5) is 19.1. The summed E-state index contributed by atoms with van der Waals surface area (Å²) in [6.45, 7) is 2.48. The highest BCUT2D eigenvalue weighted by atomic mass is 35.5. The number of hydrogen-bond acceptors (Lipinski definition) is 5. The highest BCUT2D eigenvalue weighted by Gasteiger charge is 2.27. The van der Waals surface area contributed by atoms with Gasteiger partial charge >= 0.3 is 0 Å². The molecule has 1 saturated heterocycles. The standard InChI is InChI=1S/C26H27Cl3N4O3S/c1-32(37(35,36)24-4-2-3-22(28)25(24)29)23-17-19(5-6-21(23)27)26(34)31-14-7-18-10-15-33(16-11-18)20-8-12-30-13-9-20/h2-6,8-9,12-13,17-18H,7,10-11,14-16H2,1H3,(H,31,34). The third-order valence-corrected chi connectivity index (χ3v) is 9.65. The fourth-order valence-electron chi connectivity index (χ4n) is 4.38. The third kappa shape index (κ3) is 6.32. The van der Waals surface area contributed by atoms with Gasteiger partial charge in [-0.1, -0.05) is 40.9 Å². The van der Waals surface area contributed by atoms with Crippen molar-refractivity contribution in [2.45, 2.75) is 24.2 Å². The summed E-state index contributed by atoms with van der Waals surface area (Å²) < 4.78 is 27.4. The molecular weight excluding hydrogens is 555 g/mol. The van der Waals surface area contributed by atoms with Gasteiger partial charge in [0.15, 0.2) is 0 Å². The number of anilines is 2. The number of rotatable bonds is 8. The van der Waals surface area contributed by atoms with Crippen molar-refractivity contribution in [3.8, 4) is 0 Å². The number of pyridine rings is 1. The van der Waals surface area contributed by atoms with Crippen molar-refractivity contribution < 1.29 is 13.2 Å². The number of amides is 1. The van der Waals surface area contributed by atoms with Crippen molar-refractivity contribution in [2.24, 2.45) is 5.92 Å². The Morgan fingerprint density at radius 1 is 1.05 bits per heavy atom. The van der Waals surface area contributed by atoms with Crippen LogP contribution in [-0.4, -0.2) is 46.0 Å². The molecule has 2 heterocycles.